The molecule has 1 saturated heterocycles. The maximum absolute atomic E-state index is 12.2. The van der Waals surface area contributed by atoms with Crippen LogP contribution in [0.15, 0.2) is 52.7 Å². The topological polar surface area (TPSA) is 94.2 Å². The van der Waals surface area contributed by atoms with E-state index in [2.05, 4.69) is 17.1 Å². The summed E-state index contributed by atoms with van der Waals surface area (Å²) in [5.41, 5.74) is 10.0. The van der Waals surface area contributed by atoms with E-state index in [0.29, 0.717) is 31.2 Å². The Labute approximate surface area is 169 Å². The molecule has 7 heteroatoms. The molecule has 2 heterocycles. The van der Waals surface area contributed by atoms with Gasteiger partial charge in [-0.1, -0.05) is 18.2 Å². The quantitative estimate of drug-likeness (QED) is 0.791. The van der Waals surface area contributed by atoms with Crippen molar-refractivity contribution in [2.24, 2.45) is 10.7 Å². The first kappa shape index (κ1) is 19.0. The Morgan fingerprint density at radius 3 is 2.97 bits per heavy atom. The summed E-state index contributed by atoms with van der Waals surface area (Å²) in [6.45, 7) is 3.10. The molecule has 0 saturated carbocycles. The van der Waals surface area contributed by atoms with Gasteiger partial charge in [0.1, 0.15) is 12.4 Å². The van der Waals surface area contributed by atoms with Crippen molar-refractivity contribution in [2.75, 3.05) is 19.8 Å². The largest absolute Gasteiger partial charge is 0.463 e. The molecule has 1 unspecified atom stereocenters. The van der Waals surface area contributed by atoms with Crippen molar-refractivity contribution in [1.29, 1.82) is 0 Å². The van der Waals surface area contributed by atoms with Gasteiger partial charge in [0.2, 0.25) is 0 Å². The van der Waals surface area contributed by atoms with Crippen LogP contribution in [0.2, 0.25) is 0 Å². The van der Waals surface area contributed by atoms with Crippen LogP contribution in [0.1, 0.15) is 36.8 Å². The molecule has 3 aliphatic rings. The van der Waals surface area contributed by atoms with Gasteiger partial charge in [-0.3, -0.25) is 4.90 Å². The molecule has 0 spiro atoms. The molecule has 1 amide bonds. The van der Waals surface area contributed by atoms with Crippen LogP contribution in [0.3, 0.4) is 0 Å². The highest BCUT2D eigenvalue weighted by Gasteiger charge is 2.26. The molecular weight excluding hydrogens is 370 g/mol. The summed E-state index contributed by atoms with van der Waals surface area (Å²) in [7, 11) is 0. The Morgan fingerprint density at radius 2 is 2.28 bits per heavy atom. The number of fused-ring (bicyclic) bond motifs is 1. The Kier molecular flexibility index (Phi) is 5.20. The van der Waals surface area contributed by atoms with Gasteiger partial charge in [-0.15, -0.1) is 0 Å². The summed E-state index contributed by atoms with van der Waals surface area (Å²) < 4.78 is 10.1. The van der Waals surface area contributed by atoms with E-state index >= 15 is 0 Å². The highest BCUT2D eigenvalue weighted by Crippen LogP contribution is 2.34. The van der Waals surface area contributed by atoms with Crippen LogP contribution in [0.5, 0.6) is 0 Å². The lowest BCUT2D eigenvalue weighted by atomic mass is 9.90. The zero-order chi connectivity index (χ0) is 20.4. The van der Waals surface area contributed by atoms with Crippen LogP contribution in [0.4, 0.5) is 10.5 Å². The third-order valence-corrected chi connectivity index (χ3v) is 5.14. The second kappa shape index (κ2) is 7.95. The van der Waals surface area contributed by atoms with E-state index in [9.17, 15) is 9.59 Å². The van der Waals surface area contributed by atoms with Gasteiger partial charge in [-0.25, -0.2) is 14.6 Å². The van der Waals surface area contributed by atoms with Crippen LogP contribution >= 0.6 is 0 Å². The lowest BCUT2D eigenvalue weighted by Crippen LogP contribution is -2.23. The standard InChI is InChI=1S/C22H23N3O4/c1-2-28-21(26)17-12-16-11-15(5-8-19(16)24-20(23)13-17)14-3-6-18(7-4-14)25-9-10-29-22(25)27/h3,5-8,11-12,14H,2,4,9-10,13H2,1H3,(H2,23,24). The Hall–Kier alpha value is -3.35. The van der Waals surface area contributed by atoms with Crippen LogP contribution in [-0.4, -0.2) is 42.6 Å². The Bertz CT molecular complexity index is 974. The van der Waals surface area contributed by atoms with Crippen LogP contribution in [-0.2, 0) is 14.3 Å². The molecule has 7 nitrogen and oxygen atoms in total. The van der Waals surface area contributed by atoms with E-state index in [0.717, 1.165) is 28.9 Å². The monoisotopic (exact) mass is 393 g/mol. The maximum atomic E-state index is 12.2. The Balaban J connectivity index is 1.58. The summed E-state index contributed by atoms with van der Waals surface area (Å²) in [5.74, 6) is 0.191. The molecule has 1 aromatic rings. The minimum absolute atomic E-state index is 0.173. The number of aliphatic imine (C=N–C) groups is 1. The number of carbonyl (C=O) groups excluding carboxylic acids is 2. The molecule has 2 aliphatic heterocycles. The second-order valence-corrected chi connectivity index (χ2v) is 7.08. The summed E-state index contributed by atoms with van der Waals surface area (Å²) >= 11 is 0. The molecule has 4 rings (SSSR count). The number of nitrogens with zero attached hydrogens (tertiary/aromatic N) is 2. The SMILES string of the molecule is CCOC(=O)C1=Cc2cc(C3C=CC(N4CCOC4=O)=CC3)ccc2N=C(N)C1. The van der Waals surface area contributed by atoms with Crippen molar-refractivity contribution in [2.45, 2.75) is 25.7 Å². The van der Waals surface area contributed by atoms with Gasteiger partial charge < -0.3 is 15.2 Å². The number of esters is 1. The van der Waals surface area contributed by atoms with E-state index in [1.54, 1.807) is 11.8 Å². The van der Waals surface area contributed by atoms with Gasteiger partial charge in [-0.05, 0) is 43.2 Å². The van der Waals surface area contributed by atoms with Gasteiger partial charge in [0.15, 0.2) is 0 Å². The normalized spacial score (nSPS) is 20.9. The molecule has 2 N–H and O–H groups in total. The fourth-order valence-electron chi connectivity index (χ4n) is 3.69. The average Bonchev–Trinajstić information content (AvgIpc) is 3.06. The first-order valence-corrected chi connectivity index (χ1v) is 9.72. The van der Waals surface area contributed by atoms with Crippen molar-refractivity contribution in [3.63, 3.8) is 0 Å². The molecule has 150 valence electrons. The number of allylic oxidation sites excluding steroid dienone is 3. The van der Waals surface area contributed by atoms with Gasteiger partial charge in [0.25, 0.3) is 0 Å². The predicted molar refractivity (Wildman–Crippen MR) is 110 cm³/mol. The minimum Gasteiger partial charge on any atom is -0.463 e. The van der Waals surface area contributed by atoms with Gasteiger partial charge in [0.05, 0.1) is 18.8 Å². The number of nitrogens with two attached hydrogens (primary N) is 1. The number of hydrogen-bond donors (Lipinski definition) is 1. The molecule has 0 bridgehead atoms. The number of amidine groups is 1. The third kappa shape index (κ3) is 3.94. The van der Waals surface area contributed by atoms with E-state index < -0.39 is 0 Å². The summed E-state index contributed by atoms with van der Waals surface area (Å²) in [6.07, 6.45) is 8.66. The number of rotatable bonds is 4. The first-order valence-electron chi connectivity index (χ1n) is 9.72. The lowest BCUT2D eigenvalue weighted by molar-refractivity contribution is -0.138. The highest BCUT2D eigenvalue weighted by atomic mass is 16.6. The molecule has 0 aromatic heterocycles. The van der Waals surface area contributed by atoms with Crippen molar-refractivity contribution in [3.05, 3.63) is 58.8 Å². The molecule has 1 atom stereocenters. The second-order valence-electron chi connectivity index (χ2n) is 7.08. The van der Waals surface area contributed by atoms with Crippen molar-refractivity contribution >= 4 is 29.7 Å². The lowest BCUT2D eigenvalue weighted by Gasteiger charge is -2.21. The van der Waals surface area contributed by atoms with E-state index in [-0.39, 0.29) is 24.4 Å². The number of carbonyl (C=O) groups is 2. The van der Waals surface area contributed by atoms with Crippen molar-refractivity contribution in [3.8, 4) is 0 Å². The Morgan fingerprint density at radius 1 is 1.41 bits per heavy atom. The maximum Gasteiger partial charge on any atom is 0.414 e. The number of hydrogen-bond acceptors (Lipinski definition) is 6. The molecular formula is C22H23N3O4. The molecule has 1 aliphatic carbocycles. The number of ether oxygens (including phenoxy) is 2. The zero-order valence-electron chi connectivity index (χ0n) is 16.3. The molecule has 1 aromatic carbocycles. The fraction of sp³-hybridized carbons (Fsp3) is 0.318. The van der Waals surface area contributed by atoms with Gasteiger partial charge in [0, 0.05) is 29.2 Å². The minimum atomic E-state index is -0.369. The van der Waals surface area contributed by atoms with E-state index in [1.165, 1.54) is 0 Å². The van der Waals surface area contributed by atoms with Crippen molar-refractivity contribution < 1.29 is 19.1 Å². The fourth-order valence-corrected chi connectivity index (χ4v) is 3.69. The zero-order valence-corrected chi connectivity index (χ0v) is 16.3. The smallest absolute Gasteiger partial charge is 0.414 e. The summed E-state index contributed by atoms with van der Waals surface area (Å²) in [4.78, 5) is 30.0. The van der Waals surface area contributed by atoms with E-state index in [4.69, 9.17) is 15.2 Å². The van der Waals surface area contributed by atoms with Crippen LogP contribution < -0.4 is 5.73 Å². The number of amides is 1. The molecule has 1 fully saturated rings. The predicted octanol–water partition coefficient (Wildman–Crippen LogP) is 3.41. The highest BCUT2D eigenvalue weighted by molar-refractivity contribution is 6.03. The average molecular weight is 393 g/mol. The molecule has 0 radical (unpaired) electrons. The number of benzene rings is 1. The van der Waals surface area contributed by atoms with Crippen LogP contribution in [0, 0.1) is 0 Å². The van der Waals surface area contributed by atoms with Gasteiger partial charge in [-0.2, -0.15) is 0 Å². The molecule has 29 heavy (non-hydrogen) atoms. The number of cyclic esters (lactones) is 1. The summed E-state index contributed by atoms with van der Waals surface area (Å²) in [6, 6.07) is 5.98. The summed E-state index contributed by atoms with van der Waals surface area (Å²) in [5, 5.41) is 0. The first-order chi connectivity index (χ1) is 14.0. The van der Waals surface area contributed by atoms with Crippen LogP contribution in [0.25, 0.3) is 6.08 Å². The van der Waals surface area contributed by atoms with Gasteiger partial charge >= 0.3 is 12.1 Å². The van der Waals surface area contributed by atoms with E-state index in [1.807, 2.05) is 30.4 Å². The van der Waals surface area contributed by atoms with Crippen molar-refractivity contribution in [1.82, 2.24) is 4.90 Å². The third-order valence-electron chi connectivity index (χ3n) is 5.14.